The van der Waals surface area contributed by atoms with Crippen LogP contribution in [0.3, 0.4) is 0 Å². The predicted molar refractivity (Wildman–Crippen MR) is 76.1 cm³/mol. The average Bonchev–Trinajstić information content (AvgIpc) is 2.45. The third-order valence-electron chi connectivity index (χ3n) is 2.59. The molecule has 0 unspecified atom stereocenters. The number of rotatable bonds is 4. The van der Waals surface area contributed by atoms with Crippen LogP contribution in [0.2, 0.25) is 0 Å². The molecule has 0 radical (unpaired) electrons. The van der Waals surface area contributed by atoms with E-state index >= 15 is 0 Å². The van der Waals surface area contributed by atoms with Gasteiger partial charge in [0.05, 0.1) is 7.11 Å². The van der Waals surface area contributed by atoms with Gasteiger partial charge >= 0.3 is 0 Å². The second kappa shape index (κ2) is 6.33. The first-order valence-electron chi connectivity index (χ1n) is 5.72. The van der Waals surface area contributed by atoms with E-state index in [4.69, 9.17) is 4.74 Å². The van der Waals surface area contributed by atoms with Gasteiger partial charge in [0.2, 0.25) is 5.88 Å². The van der Waals surface area contributed by atoms with Crippen LogP contribution in [0.15, 0.2) is 47.1 Å². The zero-order valence-electron chi connectivity index (χ0n) is 10.4. The number of pyridine rings is 1. The molecule has 0 spiro atoms. The Kier molecular flexibility index (Phi) is 4.52. The Bertz CT molecular complexity index is 570. The van der Waals surface area contributed by atoms with E-state index in [-0.39, 0.29) is 5.91 Å². The number of ether oxygens (including phenoxy) is 1. The van der Waals surface area contributed by atoms with Crippen LogP contribution >= 0.6 is 15.9 Å². The van der Waals surface area contributed by atoms with Gasteiger partial charge in [-0.15, -0.1) is 0 Å². The number of hydrogen-bond acceptors (Lipinski definition) is 3. The van der Waals surface area contributed by atoms with Crippen molar-refractivity contribution in [2.45, 2.75) is 6.54 Å². The van der Waals surface area contributed by atoms with Crippen molar-refractivity contribution >= 4 is 21.8 Å². The number of nitrogens with one attached hydrogen (secondary N) is 1. The summed E-state index contributed by atoms with van der Waals surface area (Å²) in [6.07, 6.45) is 1.65. The number of carbonyl (C=O) groups is 1. The number of carbonyl (C=O) groups excluding carboxylic acids is 1. The molecule has 0 aliphatic carbocycles. The maximum Gasteiger partial charge on any atom is 0.251 e. The second-order valence-corrected chi connectivity index (χ2v) is 4.78. The summed E-state index contributed by atoms with van der Waals surface area (Å²) >= 11 is 3.33. The van der Waals surface area contributed by atoms with Crippen LogP contribution in [0.4, 0.5) is 0 Å². The summed E-state index contributed by atoms with van der Waals surface area (Å²) in [5.74, 6) is 0.400. The number of amides is 1. The SMILES string of the molecule is COc1ncccc1CNC(=O)c1ccc(Br)cc1. The van der Waals surface area contributed by atoms with E-state index in [1.807, 2.05) is 24.3 Å². The van der Waals surface area contributed by atoms with Gasteiger partial charge in [-0.1, -0.05) is 22.0 Å². The molecule has 1 aromatic heterocycles. The fourth-order valence-electron chi connectivity index (χ4n) is 1.62. The fraction of sp³-hybridized carbons (Fsp3) is 0.143. The largest absolute Gasteiger partial charge is 0.481 e. The molecule has 1 N–H and O–H groups in total. The molecule has 5 heteroatoms. The molecule has 1 aromatic carbocycles. The zero-order chi connectivity index (χ0) is 13.7. The van der Waals surface area contributed by atoms with Gasteiger partial charge in [-0.05, 0) is 30.3 Å². The van der Waals surface area contributed by atoms with Gasteiger partial charge in [0.25, 0.3) is 5.91 Å². The lowest BCUT2D eigenvalue weighted by Crippen LogP contribution is -2.23. The van der Waals surface area contributed by atoms with Crippen molar-refractivity contribution in [2.24, 2.45) is 0 Å². The summed E-state index contributed by atoms with van der Waals surface area (Å²) in [6, 6.07) is 10.9. The van der Waals surface area contributed by atoms with Crippen LogP contribution in [0.1, 0.15) is 15.9 Å². The Hall–Kier alpha value is -1.88. The minimum absolute atomic E-state index is 0.126. The van der Waals surface area contributed by atoms with Gasteiger partial charge in [0.15, 0.2) is 0 Å². The fourth-order valence-corrected chi connectivity index (χ4v) is 1.89. The van der Waals surface area contributed by atoms with Crippen LogP contribution in [-0.2, 0) is 6.54 Å². The standard InChI is InChI=1S/C14H13BrN2O2/c1-19-14-11(3-2-8-16-14)9-17-13(18)10-4-6-12(15)7-5-10/h2-8H,9H2,1H3,(H,17,18). The number of nitrogens with zero attached hydrogens (tertiary/aromatic N) is 1. The summed E-state index contributed by atoms with van der Waals surface area (Å²) in [5, 5.41) is 2.84. The van der Waals surface area contributed by atoms with E-state index in [1.54, 1.807) is 25.4 Å². The maximum absolute atomic E-state index is 11.9. The van der Waals surface area contributed by atoms with Crippen LogP contribution in [-0.4, -0.2) is 18.0 Å². The van der Waals surface area contributed by atoms with E-state index in [0.29, 0.717) is 18.0 Å². The first kappa shape index (κ1) is 13.5. The summed E-state index contributed by atoms with van der Waals surface area (Å²) < 4.78 is 6.07. The van der Waals surface area contributed by atoms with Crippen molar-refractivity contribution in [1.29, 1.82) is 0 Å². The lowest BCUT2D eigenvalue weighted by atomic mass is 10.2. The van der Waals surface area contributed by atoms with E-state index in [1.165, 1.54) is 0 Å². The van der Waals surface area contributed by atoms with Crippen molar-refractivity contribution in [3.05, 3.63) is 58.2 Å². The molecule has 2 rings (SSSR count). The highest BCUT2D eigenvalue weighted by atomic mass is 79.9. The van der Waals surface area contributed by atoms with Crippen molar-refractivity contribution in [3.8, 4) is 5.88 Å². The summed E-state index contributed by atoms with van der Waals surface area (Å²) in [6.45, 7) is 0.381. The zero-order valence-corrected chi connectivity index (χ0v) is 12.0. The molecule has 0 atom stereocenters. The van der Waals surface area contributed by atoms with Gasteiger partial charge < -0.3 is 10.1 Å². The Balaban J connectivity index is 2.02. The molecule has 0 aliphatic rings. The van der Waals surface area contributed by atoms with E-state index < -0.39 is 0 Å². The van der Waals surface area contributed by atoms with Crippen LogP contribution in [0.5, 0.6) is 5.88 Å². The van der Waals surface area contributed by atoms with Gasteiger partial charge in [0, 0.05) is 28.3 Å². The highest BCUT2D eigenvalue weighted by Gasteiger charge is 2.07. The number of methoxy groups -OCH3 is 1. The molecular weight excluding hydrogens is 308 g/mol. The minimum Gasteiger partial charge on any atom is -0.481 e. The molecule has 1 heterocycles. The number of aromatic nitrogens is 1. The van der Waals surface area contributed by atoms with Crippen molar-refractivity contribution in [2.75, 3.05) is 7.11 Å². The summed E-state index contributed by atoms with van der Waals surface area (Å²) in [5.41, 5.74) is 1.46. The molecule has 1 amide bonds. The molecule has 0 saturated carbocycles. The highest BCUT2D eigenvalue weighted by Crippen LogP contribution is 2.14. The smallest absolute Gasteiger partial charge is 0.251 e. The molecular formula is C14H13BrN2O2. The van der Waals surface area contributed by atoms with Crippen LogP contribution in [0.25, 0.3) is 0 Å². The Morgan fingerprint density at radius 1 is 1.32 bits per heavy atom. The van der Waals surface area contributed by atoms with E-state index in [2.05, 4.69) is 26.2 Å². The Morgan fingerprint density at radius 3 is 2.74 bits per heavy atom. The van der Waals surface area contributed by atoms with Crippen LogP contribution in [0, 0.1) is 0 Å². The average molecular weight is 321 g/mol. The molecule has 19 heavy (non-hydrogen) atoms. The molecule has 0 saturated heterocycles. The van der Waals surface area contributed by atoms with Gasteiger partial charge in [-0.2, -0.15) is 0 Å². The third kappa shape index (κ3) is 3.54. The minimum atomic E-state index is -0.126. The highest BCUT2D eigenvalue weighted by molar-refractivity contribution is 9.10. The Morgan fingerprint density at radius 2 is 2.05 bits per heavy atom. The summed E-state index contributed by atoms with van der Waals surface area (Å²) in [4.78, 5) is 16.0. The number of hydrogen-bond donors (Lipinski definition) is 1. The molecule has 98 valence electrons. The molecule has 0 aliphatic heterocycles. The molecule has 0 bridgehead atoms. The molecule has 2 aromatic rings. The van der Waals surface area contributed by atoms with Crippen molar-refractivity contribution in [3.63, 3.8) is 0 Å². The molecule has 0 fully saturated rings. The first-order chi connectivity index (χ1) is 9.20. The molecule has 4 nitrogen and oxygen atoms in total. The van der Waals surface area contributed by atoms with Crippen LogP contribution < -0.4 is 10.1 Å². The van der Waals surface area contributed by atoms with Gasteiger partial charge in [-0.3, -0.25) is 4.79 Å². The third-order valence-corrected chi connectivity index (χ3v) is 3.12. The summed E-state index contributed by atoms with van der Waals surface area (Å²) in [7, 11) is 1.56. The van der Waals surface area contributed by atoms with E-state index in [9.17, 15) is 4.79 Å². The number of benzene rings is 1. The number of halogens is 1. The quantitative estimate of drug-likeness (QED) is 0.942. The van der Waals surface area contributed by atoms with E-state index in [0.717, 1.165) is 10.0 Å². The second-order valence-electron chi connectivity index (χ2n) is 3.86. The maximum atomic E-state index is 11.9. The monoisotopic (exact) mass is 320 g/mol. The van der Waals surface area contributed by atoms with Gasteiger partial charge in [0.1, 0.15) is 0 Å². The topological polar surface area (TPSA) is 51.2 Å². The van der Waals surface area contributed by atoms with Crippen molar-refractivity contribution < 1.29 is 9.53 Å². The Labute approximate surface area is 119 Å². The lowest BCUT2D eigenvalue weighted by Gasteiger charge is -2.08. The normalized spacial score (nSPS) is 10.0. The van der Waals surface area contributed by atoms with Gasteiger partial charge in [-0.25, -0.2) is 4.98 Å². The lowest BCUT2D eigenvalue weighted by molar-refractivity contribution is 0.0950. The first-order valence-corrected chi connectivity index (χ1v) is 6.51. The van der Waals surface area contributed by atoms with Crippen molar-refractivity contribution in [1.82, 2.24) is 10.3 Å². The predicted octanol–water partition coefficient (Wildman–Crippen LogP) is 2.78.